The Bertz CT molecular complexity index is 1670. The molecule has 8 heteroatoms. The number of ether oxygens (including phenoxy) is 1. The van der Waals surface area contributed by atoms with E-state index in [0.29, 0.717) is 22.9 Å². The molecule has 0 spiro atoms. The van der Waals surface area contributed by atoms with E-state index in [1.54, 1.807) is 18.2 Å². The Morgan fingerprint density at radius 1 is 0.889 bits per heavy atom. The number of thiophene rings is 1. The highest BCUT2D eigenvalue weighted by atomic mass is 32.1. The van der Waals surface area contributed by atoms with Gasteiger partial charge in [-0.15, -0.1) is 11.3 Å². The standard InChI is InChI=1S/C28H18FN5OS/c1-16-11-21(19-5-3-18(14-30)4-6-19)12-17(2)25(16)35-26-23-9-10-36-27(23)34-28(33-26)32-22-8-7-20(15-31)24(29)13-22/h3-13H,1-2H3,(H,32,33,34). The van der Waals surface area contributed by atoms with Crippen molar-refractivity contribution in [3.05, 3.63) is 94.1 Å². The minimum absolute atomic E-state index is 0.0328. The van der Waals surface area contributed by atoms with Crippen LogP contribution in [0.1, 0.15) is 22.3 Å². The molecule has 36 heavy (non-hydrogen) atoms. The molecule has 0 saturated heterocycles. The number of anilines is 2. The third-order valence-corrected chi connectivity index (χ3v) is 6.45. The molecular formula is C28H18FN5OS. The molecule has 0 aliphatic rings. The van der Waals surface area contributed by atoms with Crippen LogP contribution >= 0.6 is 11.3 Å². The molecule has 174 valence electrons. The molecule has 3 aromatic carbocycles. The highest BCUT2D eigenvalue weighted by Crippen LogP contribution is 2.37. The Kier molecular flexibility index (Phi) is 6.03. The predicted molar refractivity (Wildman–Crippen MR) is 138 cm³/mol. The molecule has 0 aliphatic carbocycles. The molecule has 0 amide bonds. The third-order valence-electron chi connectivity index (χ3n) is 5.64. The zero-order valence-electron chi connectivity index (χ0n) is 19.3. The van der Waals surface area contributed by atoms with Gasteiger partial charge >= 0.3 is 0 Å². The summed E-state index contributed by atoms with van der Waals surface area (Å²) in [6.45, 7) is 3.94. The first kappa shape index (κ1) is 23.0. The lowest BCUT2D eigenvalue weighted by Crippen LogP contribution is -2.01. The van der Waals surface area contributed by atoms with Crippen molar-refractivity contribution < 1.29 is 9.13 Å². The largest absolute Gasteiger partial charge is 0.438 e. The quantitative estimate of drug-likeness (QED) is 0.275. The summed E-state index contributed by atoms with van der Waals surface area (Å²) in [5.74, 6) is 0.711. The molecule has 6 nitrogen and oxygen atoms in total. The normalized spacial score (nSPS) is 10.6. The molecule has 5 rings (SSSR count). The fourth-order valence-electron chi connectivity index (χ4n) is 3.89. The number of aryl methyl sites for hydroxylation is 2. The van der Waals surface area contributed by atoms with E-state index < -0.39 is 5.82 Å². The summed E-state index contributed by atoms with van der Waals surface area (Å²) >= 11 is 1.45. The van der Waals surface area contributed by atoms with Gasteiger partial charge in [0.2, 0.25) is 11.8 Å². The van der Waals surface area contributed by atoms with Crippen LogP contribution < -0.4 is 10.1 Å². The smallest absolute Gasteiger partial charge is 0.232 e. The Labute approximate surface area is 210 Å². The third kappa shape index (κ3) is 4.46. The van der Waals surface area contributed by atoms with Crippen molar-refractivity contribution in [3.8, 4) is 34.9 Å². The number of nitrogens with zero attached hydrogens (tertiary/aromatic N) is 4. The van der Waals surface area contributed by atoms with E-state index in [1.165, 1.54) is 23.5 Å². The van der Waals surface area contributed by atoms with Gasteiger partial charge in [-0.1, -0.05) is 12.1 Å². The zero-order valence-corrected chi connectivity index (χ0v) is 20.2. The molecule has 0 unspecified atom stereocenters. The molecule has 0 saturated carbocycles. The maximum atomic E-state index is 14.1. The average molecular weight is 492 g/mol. The number of halogens is 1. The summed E-state index contributed by atoms with van der Waals surface area (Å²) in [5, 5.41) is 23.7. The number of rotatable bonds is 5. The van der Waals surface area contributed by atoms with Gasteiger partial charge in [-0.2, -0.15) is 15.5 Å². The van der Waals surface area contributed by atoms with Crippen LogP contribution in [0.4, 0.5) is 16.0 Å². The summed E-state index contributed by atoms with van der Waals surface area (Å²) in [6.07, 6.45) is 0. The molecule has 0 bridgehead atoms. The summed E-state index contributed by atoms with van der Waals surface area (Å²) < 4.78 is 20.4. The van der Waals surface area contributed by atoms with E-state index in [0.717, 1.165) is 32.5 Å². The number of nitrogens with one attached hydrogen (secondary N) is 1. The lowest BCUT2D eigenvalue weighted by Gasteiger charge is -2.15. The molecule has 0 atom stereocenters. The lowest BCUT2D eigenvalue weighted by atomic mass is 9.99. The topological polar surface area (TPSA) is 94.6 Å². The first-order valence-electron chi connectivity index (χ1n) is 11.0. The Hall–Kier alpha value is -4.79. The van der Waals surface area contributed by atoms with Gasteiger partial charge < -0.3 is 10.1 Å². The summed E-state index contributed by atoms with van der Waals surface area (Å²) in [7, 11) is 0. The number of benzene rings is 3. The second kappa shape index (κ2) is 9.46. The highest BCUT2D eigenvalue weighted by Gasteiger charge is 2.16. The molecule has 5 aromatic rings. The van der Waals surface area contributed by atoms with Gasteiger partial charge in [0.15, 0.2) is 0 Å². The van der Waals surface area contributed by atoms with Crippen molar-refractivity contribution in [1.29, 1.82) is 10.5 Å². The molecule has 2 aromatic heterocycles. The van der Waals surface area contributed by atoms with Crippen molar-refractivity contribution >= 4 is 33.2 Å². The molecule has 0 aliphatic heterocycles. The van der Waals surface area contributed by atoms with Crippen LogP contribution in [0.2, 0.25) is 0 Å². The Morgan fingerprint density at radius 2 is 1.64 bits per heavy atom. The van der Waals surface area contributed by atoms with Gasteiger partial charge in [0.05, 0.1) is 22.6 Å². The minimum Gasteiger partial charge on any atom is -0.438 e. The maximum absolute atomic E-state index is 14.1. The number of aromatic nitrogens is 2. The summed E-state index contributed by atoms with van der Waals surface area (Å²) in [5.41, 5.74) is 4.90. The number of hydrogen-bond acceptors (Lipinski definition) is 7. The number of nitriles is 2. The first-order chi connectivity index (χ1) is 17.4. The van der Waals surface area contributed by atoms with E-state index >= 15 is 0 Å². The van der Waals surface area contributed by atoms with E-state index in [1.807, 2.05) is 55.6 Å². The molecule has 1 N–H and O–H groups in total. The molecule has 0 radical (unpaired) electrons. The van der Waals surface area contributed by atoms with Crippen LogP contribution in [-0.4, -0.2) is 9.97 Å². The fourth-order valence-corrected chi connectivity index (χ4v) is 4.64. The number of hydrogen-bond donors (Lipinski definition) is 1. The van der Waals surface area contributed by atoms with Gasteiger partial charge in [-0.3, -0.25) is 0 Å². The van der Waals surface area contributed by atoms with Gasteiger partial charge in [-0.25, -0.2) is 9.37 Å². The first-order valence-corrected chi connectivity index (χ1v) is 11.8. The fraction of sp³-hybridized carbons (Fsp3) is 0.0714. The molecule has 2 heterocycles. The second-order valence-electron chi connectivity index (χ2n) is 8.15. The van der Waals surface area contributed by atoms with Crippen LogP contribution in [0.3, 0.4) is 0 Å². The van der Waals surface area contributed by atoms with Crippen LogP contribution in [0, 0.1) is 42.3 Å². The van der Waals surface area contributed by atoms with Crippen molar-refractivity contribution in [2.24, 2.45) is 0 Å². The van der Waals surface area contributed by atoms with Gasteiger partial charge in [0.25, 0.3) is 0 Å². The maximum Gasteiger partial charge on any atom is 0.232 e. The van der Waals surface area contributed by atoms with Crippen molar-refractivity contribution in [2.75, 3.05) is 5.32 Å². The van der Waals surface area contributed by atoms with Crippen molar-refractivity contribution in [1.82, 2.24) is 9.97 Å². The second-order valence-corrected chi connectivity index (χ2v) is 9.05. The zero-order chi connectivity index (χ0) is 25.2. The van der Waals surface area contributed by atoms with Gasteiger partial charge in [0, 0.05) is 5.69 Å². The van der Waals surface area contributed by atoms with Gasteiger partial charge in [-0.05, 0) is 90.0 Å². The van der Waals surface area contributed by atoms with Gasteiger partial charge in [0.1, 0.15) is 22.5 Å². The monoisotopic (exact) mass is 491 g/mol. The SMILES string of the molecule is Cc1cc(-c2ccc(C#N)cc2)cc(C)c1Oc1nc(Nc2ccc(C#N)c(F)c2)nc2sccc12. The molecule has 0 fully saturated rings. The van der Waals surface area contributed by atoms with Crippen molar-refractivity contribution in [3.63, 3.8) is 0 Å². The summed E-state index contributed by atoms with van der Waals surface area (Å²) in [6, 6.07) is 21.6. The predicted octanol–water partition coefficient (Wildman–Crippen LogP) is 7.39. The van der Waals surface area contributed by atoms with E-state index in [9.17, 15) is 4.39 Å². The van der Waals surface area contributed by atoms with E-state index in [4.69, 9.17) is 15.3 Å². The van der Waals surface area contributed by atoms with Crippen molar-refractivity contribution in [2.45, 2.75) is 13.8 Å². The minimum atomic E-state index is -0.621. The Balaban J connectivity index is 1.48. The van der Waals surface area contributed by atoms with E-state index in [-0.39, 0.29) is 11.5 Å². The Morgan fingerprint density at radius 3 is 2.31 bits per heavy atom. The molecular weight excluding hydrogens is 473 g/mol. The van der Waals surface area contributed by atoms with E-state index in [2.05, 4.69) is 21.4 Å². The highest BCUT2D eigenvalue weighted by molar-refractivity contribution is 7.16. The van der Waals surface area contributed by atoms with Crippen LogP contribution in [0.15, 0.2) is 66.0 Å². The summed E-state index contributed by atoms with van der Waals surface area (Å²) in [4.78, 5) is 9.81. The number of fused-ring (bicyclic) bond motifs is 1. The van der Waals surface area contributed by atoms with Crippen LogP contribution in [0.25, 0.3) is 21.3 Å². The average Bonchev–Trinajstić information content (AvgIpc) is 3.35. The van der Waals surface area contributed by atoms with Crippen LogP contribution in [0.5, 0.6) is 11.6 Å². The van der Waals surface area contributed by atoms with Crippen LogP contribution in [-0.2, 0) is 0 Å². The lowest BCUT2D eigenvalue weighted by molar-refractivity contribution is 0.462.